The third kappa shape index (κ3) is 1.91. The van der Waals surface area contributed by atoms with Crippen molar-refractivity contribution in [2.75, 3.05) is 0 Å². The fraction of sp³-hybridized carbons (Fsp3) is 0. The maximum atomic E-state index is 12.2. The second kappa shape index (κ2) is 4.96. The molecule has 22 heavy (non-hydrogen) atoms. The van der Waals surface area contributed by atoms with Crippen molar-refractivity contribution in [3.8, 4) is 22.4 Å². The summed E-state index contributed by atoms with van der Waals surface area (Å²) >= 11 is 0. The van der Waals surface area contributed by atoms with Gasteiger partial charge in [0.2, 0.25) is 0 Å². The molecule has 0 aliphatic heterocycles. The van der Waals surface area contributed by atoms with E-state index in [-0.39, 0.29) is 5.56 Å². The highest BCUT2D eigenvalue weighted by Crippen LogP contribution is 2.33. The Hall–Kier alpha value is -3.21. The van der Waals surface area contributed by atoms with Crippen LogP contribution in [0.5, 0.6) is 0 Å². The van der Waals surface area contributed by atoms with Crippen molar-refractivity contribution in [3.05, 3.63) is 71.0 Å². The van der Waals surface area contributed by atoms with E-state index >= 15 is 0 Å². The zero-order chi connectivity index (χ0) is 14.9. The fourth-order valence-electron chi connectivity index (χ4n) is 2.61. The summed E-state index contributed by atoms with van der Waals surface area (Å²) < 4.78 is 0. The molecule has 106 valence electrons. The van der Waals surface area contributed by atoms with Gasteiger partial charge in [-0.2, -0.15) is 0 Å². The minimum absolute atomic E-state index is 0.194. The van der Waals surface area contributed by atoms with Gasteiger partial charge in [0.15, 0.2) is 5.65 Å². The molecule has 0 saturated heterocycles. The molecule has 0 saturated carbocycles. The van der Waals surface area contributed by atoms with Crippen LogP contribution in [0.4, 0.5) is 0 Å². The van der Waals surface area contributed by atoms with Gasteiger partial charge in [-0.3, -0.25) is 15.0 Å². The number of aromatic nitrogens is 4. The fourth-order valence-corrected chi connectivity index (χ4v) is 2.61. The highest BCUT2D eigenvalue weighted by atomic mass is 16.1. The average molecular weight is 288 g/mol. The van der Waals surface area contributed by atoms with Crippen LogP contribution >= 0.6 is 0 Å². The SMILES string of the molecule is O=c1[nH][nH]c2nnc(-c3ccccc3)c(-c3ccccc3)c12. The maximum Gasteiger partial charge on any atom is 0.274 e. The molecule has 2 aromatic carbocycles. The van der Waals surface area contributed by atoms with Crippen LogP contribution in [-0.2, 0) is 0 Å². The summed E-state index contributed by atoms with van der Waals surface area (Å²) in [6, 6.07) is 19.5. The van der Waals surface area contributed by atoms with Gasteiger partial charge in [-0.15, -0.1) is 10.2 Å². The molecule has 4 rings (SSSR count). The van der Waals surface area contributed by atoms with E-state index < -0.39 is 0 Å². The smallest absolute Gasteiger partial charge is 0.274 e. The van der Waals surface area contributed by atoms with Crippen molar-refractivity contribution >= 4 is 11.0 Å². The largest absolute Gasteiger partial charge is 0.279 e. The predicted octanol–water partition coefficient (Wildman–Crippen LogP) is 2.98. The summed E-state index contributed by atoms with van der Waals surface area (Å²) in [7, 11) is 0. The first-order valence-corrected chi connectivity index (χ1v) is 6.92. The molecule has 4 aromatic rings. The van der Waals surface area contributed by atoms with E-state index in [1.54, 1.807) is 0 Å². The van der Waals surface area contributed by atoms with Gasteiger partial charge >= 0.3 is 0 Å². The summed E-state index contributed by atoms with van der Waals surface area (Å²) in [5.41, 5.74) is 3.62. The van der Waals surface area contributed by atoms with E-state index in [4.69, 9.17) is 0 Å². The first-order valence-electron chi connectivity index (χ1n) is 6.92. The monoisotopic (exact) mass is 288 g/mol. The second-order valence-corrected chi connectivity index (χ2v) is 4.96. The number of nitrogens with zero attached hydrogens (tertiary/aromatic N) is 2. The number of fused-ring (bicyclic) bond motifs is 1. The van der Waals surface area contributed by atoms with E-state index in [1.165, 1.54) is 0 Å². The third-order valence-electron chi connectivity index (χ3n) is 3.60. The number of benzene rings is 2. The van der Waals surface area contributed by atoms with Crippen LogP contribution in [0.25, 0.3) is 33.4 Å². The van der Waals surface area contributed by atoms with E-state index in [0.29, 0.717) is 16.7 Å². The van der Waals surface area contributed by atoms with Crippen LogP contribution in [0.2, 0.25) is 0 Å². The van der Waals surface area contributed by atoms with E-state index in [1.807, 2.05) is 60.7 Å². The normalized spacial score (nSPS) is 10.9. The summed E-state index contributed by atoms with van der Waals surface area (Å²) in [4.78, 5) is 12.2. The molecule has 0 aliphatic rings. The molecule has 2 heterocycles. The lowest BCUT2D eigenvalue weighted by molar-refractivity contribution is 1.02. The molecular weight excluding hydrogens is 276 g/mol. The Morgan fingerprint density at radius 3 is 2.05 bits per heavy atom. The first kappa shape index (κ1) is 12.5. The maximum absolute atomic E-state index is 12.2. The molecule has 0 fully saturated rings. The van der Waals surface area contributed by atoms with Crippen LogP contribution in [-0.4, -0.2) is 20.4 Å². The average Bonchev–Trinajstić information content (AvgIpc) is 2.97. The van der Waals surface area contributed by atoms with Gasteiger partial charge in [0.05, 0.1) is 5.39 Å². The number of hydrogen-bond acceptors (Lipinski definition) is 3. The van der Waals surface area contributed by atoms with E-state index in [0.717, 1.165) is 16.7 Å². The van der Waals surface area contributed by atoms with Crippen LogP contribution in [0.1, 0.15) is 0 Å². The predicted molar refractivity (Wildman–Crippen MR) is 85.4 cm³/mol. The molecule has 0 aliphatic carbocycles. The van der Waals surface area contributed by atoms with Crippen molar-refractivity contribution in [2.45, 2.75) is 0 Å². The summed E-state index contributed by atoms with van der Waals surface area (Å²) in [5.74, 6) is 0. The van der Waals surface area contributed by atoms with Gasteiger partial charge in [-0.1, -0.05) is 60.7 Å². The first-order chi connectivity index (χ1) is 10.8. The Labute approximate surface area is 125 Å². The minimum Gasteiger partial charge on any atom is -0.279 e. The third-order valence-corrected chi connectivity index (χ3v) is 3.60. The molecular formula is C17H12N4O. The Kier molecular flexibility index (Phi) is 2.83. The summed E-state index contributed by atoms with van der Waals surface area (Å²) in [5, 5.41) is 14.3. The molecule has 2 N–H and O–H groups in total. The van der Waals surface area contributed by atoms with Crippen molar-refractivity contribution in [1.82, 2.24) is 20.4 Å². The van der Waals surface area contributed by atoms with Crippen LogP contribution < -0.4 is 5.56 Å². The lowest BCUT2D eigenvalue weighted by Gasteiger charge is -2.09. The molecule has 0 unspecified atom stereocenters. The van der Waals surface area contributed by atoms with Gasteiger partial charge < -0.3 is 0 Å². The van der Waals surface area contributed by atoms with Crippen LogP contribution in [0.3, 0.4) is 0 Å². The van der Waals surface area contributed by atoms with Crippen molar-refractivity contribution in [3.63, 3.8) is 0 Å². The molecule has 0 radical (unpaired) electrons. The van der Waals surface area contributed by atoms with Gasteiger partial charge in [-0.05, 0) is 5.56 Å². The van der Waals surface area contributed by atoms with Crippen LogP contribution in [0.15, 0.2) is 65.5 Å². The highest BCUT2D eigenvalue weighted by molar-refractivity contribution is 5.98. The Morgan fingerprint density at radius 2 is 1.36 bits per heavy atom. The van der Waals surface area contributed by atoms with E-state index in [9.17, 15) is 4.79 Å². The molecule has 5 heteroatoms. The van der Waals surface area contributed by atoms with Crippen molar-refractivity contribution in [2.24, 2.45) is 0 Å². The van der Waals surface area contributed by atoms with Gasteiger partial charge in [0.25, 0.3) is 5.56 Å². The van der Waals surface area contributed by atoms with Crippen molar-refractivity contribution < 1.29 is 0 Å². The zero-order valence-corrected chi connectivity index (χ0v) is 11.6. The Balaban J connectivity index is 2.14. The molecule has 0 spiro atoms. The second-order valence-electron chi connectivity index (χ2n) is 4.96. The molecule has 5 nitrogen and oxygen atoms in total. The highest BCUT2D eigenvalue weighted by Gasteiger charge is 2.17. The number of rotatable bonds is 2. The topological polar surface area (TPSA) is 74.4 Å². The van der Waals surface area contributed by atoms with Gasteiger partial charge in [0, 0.05) is 11.1 Å². The number of H-pyrrole nitrogens is 2. The zero-order valence-electron chi connectivity index (χ0n) is 11.6. The van der Waals surface area contributed by atoms with E-state index in [2.05, 4.69) is 20.4 Å². The van der Waals surface area contributed by atoms with Crippen molar-refractivity contribution in [1.29, 1.82) is 0 Å². The molecule has 2 aromatic heterocycles. The summed E-state index contributed by atoms with van der Waals surface area (Å²) in [6.45, 7) is 0. The van der Waals surface area contributed by atoms with Gasteiger partial charge in [0.1, 0.15) is 5.69 Å². The Morgan fingerprint density at radius 1 is 0.727 bits per heavy atom. The lowest BCUT2D eigenvalue weighted by Crippen LogP contribution is -2.02. The number of aromatic amines is 2. The minimum atomic E-state index is -0.194. The summed E-state index contributed by atoms with van der Waals surface area (Å²) in [6.07, 6.45) is 0. The standard InChI is InChI=1S/C17H12N4O/c22-17-14-13(11-7-3-1-4-8-11)15(12-9-5-2-6-10-12)18-19-16(14)20-21-17/h1-10H,(H2,19,20,21,22). The van der Waals surface area contributed by atoms with Crippen LogP contribution in [0, 0.1) is 0 Å². The number of nitrogens with one attached hydrogen (secondary N) is 2. The van der Waals surface area contributed by atoms with Gasteiger partial charge in [-0.25, -0.2) is 0 Å². The molecule has 0 atom stereocenters. The lowest BCUT2D eigenvalue weighted by atomic mass is 9.97. The Bertz CT molecular complexity index is 988. The number of hydrogen-bond donors (Lipinski definition) is 2. The molecule has 0 bridgehead atoms. The quantitative estimate of drug-likeness (QED) is 0.595. The molecule has 0 amide bonds.